The predicted octanol–water partition coefficient (Wildman–Crippen LogP) is 6.95. The van der Waals surface area contributed by atoms with Crippen molar-refractivity contribution in [1.82, 2.24) is 5.32 Å². The molecule has 0 radical (unpaired) electrons. The van der Waals surface area contributed by atoms with E-state index in [1.54, 1.807) is 0 Å². The first kappa shape index (κ1) is 23.6. The number of hydrogen-bond donors (Lipinski definition) is 1. The molecule has 0 bridgehead atoms. The van der Waals surface area contributed by atoms with Crippen LogP contribution in [0.5, 0.6) is 0 Å². The summed E-state index contributed by atoms with van der Waals surface area (Å²) in [5, 5.41) is 3.55. The van der Waals surface area contributed by atoms with Crippen molar-refractivity contribution in [2.75, 3.05) is 4.90 Å². The summed E-state index contributed by atoms with van der Waals surface area (Å²) < 4.78 is 0. The summed E-state index contributed by atoms with van der Waals surface area (Å²) in [5.41, 5.74) is 7.24. The quantitative estimate of drug-likeness (QED) is 0.501. The van der Waals surface area contributed by atoms with Crippen molar-refractivity contribution < 1.29 is 4.79 Å². The minimum atomic E-state index is -0.0842. The van der Waals surface area contributed by atoms with Gasteiger partial charge in [0.05, 0.1) is 10.6 Å². The second-order valence-electron chi connectivity index (χ2n) is 10.2. The molecule has 2 aliphatic heterocycles. The summed E-state index contributed by atoms with van der Waals surface area (Å²) in [6.45, 7) is 15.8. The lowest BCUT2D eigenvalue weighted by Gasteiger charge is -2.50. The molecule has 5 heteroatoms. The summed E-state index contributed by atoms with van der Waals surface area (Å²) in [5.74, 6) is 0.384. The summed E-state index contributed by atoms with van der Waals surface area (Å²) in [7, 11) is 0. The molecule has 1 N–H and O–H groups in total. The lowest BCUT2D eigenvalue weighted by molar-refractivity contribution is -0.115. The molecular formula is C28H35N3OS. The lowest BCUT2D eigenvalue weighted by Crippen LogP contribution is -2.51. The monoisotopic (exact) mass is 461 g/mol. The molecule has 0 aliphatic carbocycles. The molecule has 2 heterocycles. The molecule has 0 spiro atoms. The van der Waals surface area contributed by atoms with Crippen LogP contribution >= 0.6 is 11.8 Å². The summed E-state index contributed by atoms with van der Waals surface area (Å²) in [6.07, 6.45) is 4.13. The van der Waals surface area contributed by atoms with Crippen LogP contribution in [0.3, 0.4) is 0 Å². The first-order valence-corrected chi connectivity index (χ1v) is 12.7. The maximum Gasteiger partial charge on any atom is 0.264 e. The van der Waals surface area contributed by atoms with Crippen LogP contribution in [0.2, 0.25) is 0 Å². The normalized spacial score (nSPS) is 22.2. The highest BCUT2D eigenvalue weighted by molar-refractivity contribution is 8.18. The van der Waals surface area contributed by atoms with Gasteiger partial charge in [-0.05, 0) is 118 Å². The number of rotatable bonds is 4. The molecule has 174 valence electrons. The van der Waals surface area contributed by atoms with Gasteiger partial charge in [-0.3, -0.25) is 4.79 Å². The number of anilines is 1. The van der Waals surface area contributed by atoms with E-state index >= 15 is 0 Å². The second kappa shape index (κ2) is 9.02. The van der Waals surface area contributed by atoms with Gasteiger partial charge in [-0.25, -0.2) is 4.99 Å². The topological polar surface area (TPSA) is 44.7 Å². The van der Waals surface area contributed by atoms with Crippen LogP contribution in [-0.4, -0.2) is 22.7 Å². The Kier molecular flexibility index (Phi) is 6.45. The molecular weight excluding hydrogens is 426 g/mol. The summed E-state index contributed by atoms with van der Waals surface area (Å²) in [6, 6.07) is 13.2. The van der Waals surface area contributed by atoms with Gasteiger partial charge >= 0.3 is 0 Å². The minimum Gasteiger partial charge on any atom is -0.364 e. The molecule has 0 unspecified atom stereocenters. The van der Waals surface area contributed by atoms with Crippen molar-refractivity contribution in [3.63, 3.8) is 0 Å². The number of amides is 1. The number of fused-ring (bicyclic) bond motifs is 1. The van der Waals surface area contributed by atoms with E-state index in [0.29, 0.717) is 22.0 Å². The van der Waals surface area contributed by atoms with Crippen molar-refractivity contribution in [3.05, 3.63) is 63.6 Å². The van der Waals surface area contributed by atoms with E-state index < -0.39 is 0 Å². The van der Waals surface area contributed by atoms with Crippen molar-refractivity contribution in [1.29, 1.82) is 0 Å². The van der Waals surface area contributed by atoms with Crippen LogP contribution in [0, 0.1) is 6.92 Å². The maximum absolute atomic E-state index is 12.7. The maximum atomic E-state index is 12.7. The predicted molar refractivity (Wildman–Crippen MR) is 143 cm³/mol. The SMILES string of the molecule is CCc1ccc(N=C2NC(=O)/C(=C/c3cc4c(cc3C)N(C(C)C)C(C)(C)C[C@@H]4C)S2)cc1. The fourth-order valence-corrected chi connectivity index (χ4v) is 6.12. The molecule has 2 aliphatic rings. The molecule has 2 aromatic carbocycles. The van der Waals surface area contributed by atoms with E-state index in [1.165, 1.54) is 34.1 Å². The molecule has 1 fully saturated rings. The van der Waals surface area contributed by atoms with Gasteiger partial charge in [0, 0.05) is 17.3 Å². The molecule has 33 heavy (non-hydrogen) atoms. The number of nitrogens with zero attached hydrogens (tertiary/aromatic N) is 2. The number of amidine groups is 1. The molecule has 1 saturated heterocycles. The van der Waals surface area contributed by atoms with E-state index in [4.69, 9.17) is 0 Å². The Morgan fingerprint density at radius 1 is 1.24 bits per heavy atom. The number of benzene rings is 2. The van der Waals surface area contributed by atoms with Crippen LogP contribution in [0.1, 0.15) is 76.1 Å². The van der Waals surface area contributed by atoms with Crippen LogP contribution < -0.4 is 10.2 Å². The number of hydrogen-bond acceptors (Lipinski definition) is 4. The average molecular weight is 462 g/mol. The number of carbonyl (C=O) groups excluding carboxylic acids is 1. The number of thioether (sulfide) groups is 1. The Bertz CT molecular complexity index is 1130. The molecule has 0 aromatic heterocycles. The van der Waals surface area contributed by atoms with Gasteiger partial charge in [0.15, 0.2) is 5.17 Å². The van der Waals surface area contributed by atoms with Crippen LogP contribution in [0.25, 0.3) is 6.08 Å². The van der Waals surface area contributed by atoms with E-state index in [0.717, 1.165) is 24.1 Å². The Labute approximate surface area is 202 Å². The smallest absolute Gasteiger partial charge is 0.264 e. The van der Waals surface area contributed by atoms with E-state index in [9.17, 15) is 4.79 Å². The highest BCUT2D eigenvalue weighted by atomic mass is 32.2. The number of aryl methyl sites for hydroxylation is 2. The van der Waals surface area contributed by atoms with Crippen LogP contribution in [-0.2, 0) is 11.2 Å². The second-order valence-corrected chi connectivity index (χ2v) is 11.2. The van der Waals surface area contributed by atoms with E-state index in [-0.39, 0.29) is 11.4 Å². The van der Waals surface area contributed by atoms with Gasteiger partial charge in [0.1, 0.15) is 0 Å². The van der Waals surface area contributed by atoms with Crippen LogP contribution in [0.4, 0.5) is 11.4 Å². The fourth-order valence-electron chi connectivity index (χ4n) is 5.29. The number of nitrogens with one attached hydrogen (secondary N) is 1. The highest BCUT2D eigenvalue weighted by Crippen LogP contribution is 2.45. The highest BCUT2D eigenvalue weighted by Gasteiger charge is 2.38. The van der Waals surface area contributed by atoms with Gasteiger partial charge < -0.3 is 10.2 Å². The molecule has 4 rings (SSSR count). The molecule has 2 aromatic rings. The van der Waals surface area contributed by atoms with Crippen LogP contribution in [0.15, 0.2) is 46.3 Å². The van der Waals surface area contributed by atoms with Gasteiger partial charge in [-0.15, -0.1) is 0 Å². The van der Waals surface area contributed by atoms with Crippen molar-refractivity contribution in [2.45, 2.75) is 78.8 Å². The molecule has 1 amide bonds. The third-order valence-corrected chi connectivity index (χ3v) is 7.60. The Morgan fingerprint density at radius 2 is 1.94 bits per heavy atom. The van der Waals surface area contributed by atoms with Gasteiger partial charge in [0.2, 0.25) is 0 Å². The first-order chi connectivity index (χ1) is 15.6. The standard InChI is InChI=1S/C28H35N3OS/c1-8-20-9-11-22(12-10-20)29-27-30-26(32)25(33-27)15-21-14-23-19(5)16-28(6,7)31(17(2)3)24(23)13-18(21)4/h9-15,17,19H,8,16H2,1-7H3,(H,29,30,32)/b25-15-/t19-/m0/s1. The third-order valence-electron chi connectivity index (χ3n) is 6.69. The Hall–Kier alpha value is -2.53. The van der Waals surface area contributed by atoms with Crippen molar-refractivity contribution >= 4 is 40.3 Å². The Morgan fingerprint density at radius 3 is 2.58 bits per heavy atom. The van der Waals surface area contributed by atoms with Gasteiger partial charge in [-0.1, -0.05) is 26.0 Å². The zero-order valence-electron chi connectivity index (χ0n) is 20.8. The summed E-state index contributed by atoms with van der Waals surface area (Å²) >= 11 is 1.41. The summed E-state index contributed by atoms with van der Waals surface area (Å²) in [4.78, 5) is 20.5. The van der Waals surface area contributed by atoms with Crippen molar-refractivity contribution in [2.24, 2.45) is 4.99 Å². The average Bonchev–Trinajstić information content (AvgIpc) is 3.07. The zero-order valence-corrected chi connectivity index (χ0v) is 21.6. The molecule has 1 atom stereocenters. The Balaban J connectivity index is 1.65. The number of aliphatic imine (C=N–C) groups is 1. The number of carbonyl (C=O) groups is 1. The minimum absolute atomic E-state index is 0.0842. The van der Waals surface area contributed by atoms with Gasteiger partial charge in [-0.2, -0.15) is 0 Å². The van der Waals surface area contributed by atoms with Crippen molar-refractivity contribution in [3.8, 4) is 0 Å². The largest absolute Gasteiger partial charge is 0.364 e. The molecule has 0 saturated carbocycles. The van der Waals surface area contributed by atoms with E-state index in [2.05, 4.69) is 87.9 Å². The first-order valence-electron chi connectivity index (χ1n) is 11.9. The van der Waals surface area contributed by atoms with E-state index in [1.807, 2.05) is 18.2 Å². The lowest BCUT2D eigenvalue weighted by atomic mass is 9.78. The van der Waals surface area contributed by atoms with Gasteiger partial charge in [0.25, 0.3) is 5.91 Å². The molecule has 4 nitrogen and oxygen atoms in total. The fraction of sp³-hybridized carbons (Fsp3) is 0.429. The zero-order chi connectivity index (χ0) is 23.9. The third kappa shape index (κ3) is 4.74.